The third-order valence-corrected chi connectivity index (χ3v) is 5.53. The van der Waals surface area contributed by atoms with Gasteiger partial charge in [0.15, 0.2) is 6.23 Å². The fraction of sp³-hybridized carbons (Fsp3) is 0.318. The van der Waals surface area contributed by atoms with Crippen molar-refractivity contribution in [3.63, 3.8) is 0 Å². The lowest BCUT2D eigenvalue weighted by molar-refractivity contribution is -0.123. The van der Waals surface area contributed by atoms with Gasteiger partial charge in [-0.05, 0) is 25.0 Å². The van der Waals surface area contributed by atoms with E-state index in [0.29, 0.717) is 11.1 Å². The number of aromatic amines is 1. The molecule has 1 aliphatic rings. The molecular formula is C22H23N3O5. The molecule has 4 rings (SSSR count). The molecule has 30 heavy (non-hydrogen) atoms. The van der Waals surface area contributed by atoms with Crippen LogP contribution in [0.25, 0.3) is 0 Å². The van der Waals surface area contributed by atoms with Gasteiger partial charge >= 0.3 is 5.69 Å². The van der Waals surface area contributed by atoms with Gasteiger partial charge in [-0.3, -0.25) is 9.78 Å². The lowest BCUT2D eigenvalue weighted by Gasteiger charge is -2.32. The number of nitrogens with zero attached hydrogens (tertiary/aromatic N) is 2. The van der Waals surface area contributed by atoms with E-state index in [1.807, 2.05) is 38.1 Å². The summed E-state index contributed by atoms with van der Waals surface area (Å²) >= 11 is 0. The molecule has 156 valence electrons. The molecule has 0 saturated carbocycles. The van der Waals surface area contributed by atoms with Gasteiger partial charge in [-0.15, -0.1) is 0 Å². The molecule has 4 atom stereocenters. The largest absolute Gasteiger partial charge is 0.386 e. The summed E-state index contributed by atoms with van der Waals surface area (Å²) in [6.07, 6.45) is -2.23. The number of ether oxygens (including phenoxy) is 1. The van der Waals surface area contributed by atoms with Crippen molar-refractivity contribution in [2.24, 2.45) is 0 Å². The number of aromatic nitrogens is 3. The fourth-order valence-electron chi connectivity index (χ4n) is 3.82. The van der Waals surface area contributed by atoms with Gasteiger partial charge in [0.25, 0.3) is 5.56 Å². The smallest absolute Gasteiger partial charge is 0.347 e. The average molecular weight is 409 g/mol. The minimum Gasteiger partial charge on any atom is -0.386 e. The van der Waals surface area contributed by atoms with Crippen molar-refractivity contribution in [1.82, 2.24) is 14.8 Å². The maximum Gasteiger partial charge on any atom is 0.347 e. The van der Waals surface area contributed by atoms with Crippen LogP contribution >= 0.6 is 0 Å². The fourth-order valence-corrected chi connectivity index (χ4v) is 3.82. The number of aryl methyl sites for hydroxylation is 2. The maximum atomic E-state index is 12.2. The second-order valence-electron chi connectivity index (χ2n) is 7.74. The molecule has 0 amide bonds. The number of aliphatic hydroxyl groups is 2. The molecule has 2 aromatic carbocycles. The number of benzene rings is 2. The van der Waals surface area contributed by atoms with E-state index in [2.05, 4.69) is 10.1 Å². The Morgan fingerprint density at radius 1 is 1.10 bits per heavy atom. The van der Waals surface area contributed by atoms with Crippen LogP contribution in [-0.2, 0) is 10.3 Å². The first-order chi connectivity index (χ1) is 14.3. The van der Waals surface area contributed by atoms with E-state index in [-0.39, 0.29) is 6.42 Å². The van der Waals surface area contributed by atoms with Crippen LogP contribution < -0.4 is 11.2 Å². The van der Waals surface area contributed by atoms with Crippen LogP contribution in [0, 0.1) is 13.8 Å². The monoisotopic (exact) mass is 409 g/mol. The number of hydrogen-bond acceptors (Lipinski definition) is 6. The molecule has 2 heterocycles. The van der Waals surface area contributed by atoms with Crippen LogP contribution in [0.5, 0.6) is 0 Å². The molecule has 3 aromatic rings. The van der Waals surface area contributed by atoms with Crippen LogP contribution in [0.3, 0.4) is 0 Å². The predicted molar refractivity (Wildman–Crippen MR) is 109 cm³/mol. The quantitative estimate of drug-likeness (QED) is 0.601. The molecule has 1 aliphatic heterocycles. The molecule has 0 radical (unpaired) electrons. The molecule has 1 unspecified atom stereocenters. The Bertz CT molecular complexity index is 1150. The Balaban J connectivity index is 1.77. The van der Waals surface area contributed by atoms with Gasteiger partial charge < -0.3 is 14.9 Å². The first-order valence-corrected chi connectivity index (χ1v) is 9.66. The highest BCUT2D eigenvalue weighted by molar-refractivity contribution is 5.31. The SMILES string of the molecule is Cc1ccc(C(O)[C@H]2O[C@@H](n3ncc(=O)[nH]c3=O)C[C@@]2(O)c2ccc(C)cc2)cc1. The highest BCUT2D eigenvalue weighted by Gasteiger charge is 2.53. The predicted octanol–water partition coefficient (Wildman–Crippen LogP) is 1.46. The first kappa shape index (κ1) is 20.2. The summed E-state index contributed by atoms with van der Waals surface area (Å²) < 4.78 is 6.97. The summed E-state index contributed by atoms with van der Waals surface area (Å²) in [6.45, 7) is 3.87. The molecule has 0 spiro atoms. The van der Waals surface area contributed by atoms with Crippen LogP contribution in [0.4, 0.5) is 0 Å². The van der Waals surface area contributed by atoms with Gasteiger partial charge in [0.1, 0.15) is 24.0 Å². The van der Waals surface area contributed by atoms with Crippen molar-refractivity contribution in [1.29, 1.82) is 0 Å². The van der Waals surface area contributed by atoms with Gasteiger partial charge in [0.2, 0.25) is 0 Å². The second-order valence-corrected chi connectivity index (χ2v) is 7.74. The zero-order valence-corrected chi connectivity index (χ0v) is 16.6. The molecule has 1 fully saturated rings. The van der Waals surface area contributed by atoms with Crippen molar-refractivity contribution in [2.75, 3.05) is 0 Å². The second kappa shape index (κ2) is 7.64. The van der Waals surface area contributed by atoms with E-state index in [1.54, 1.807) is 24.3 Å². The van der Waals surface area contributed by atoms with E-state index in [9.17, 15) is 19.8 Å². The highest BCUT2D eigenvalue weighted by atomic mass is 16.6. The Kier molecular flexibility index (Phi) is 5.15. The van der Waals surface area contributed by atoms with E-state index >= 15 is 0 Å². The summed E-state index contributed by atoms with van der Waals surface area (Å²) in [6, 6.07) is 14.6. The van der Waals surface area contributed by atoms with Crippen molar-refractivity contribution in [3.05, 3.63) is 97.8 Å². The summed E-state index contributed by atoms with van der Waals surface area (Å²) in [5.41, 5.74) is 0.243. The third kappa shape index (κ3) is 3.60. The van der Waals surface area contributed by atoms with Crippen molar-refractivity contribution < 1.29 is 14.9 Å². The molecule has 3 N–H and O–H groups in total. The summed E-state index contributed by atoms with van der Waals surface area (Å²) in [5, 5.41) is 26.6. The van der Waals surface area contributed by atoms with E-state index in [1.165, 1.54) is 0 Å². The lowest BCUT2D eigenvalue weighted by Crippen LogP contribution is -2.39. The zero-order valence-electron chi connectivity index (χ0n) is 16.6. The Morgan fingerprint density at radius 3 is 2.30 bits per heavy atom. The molecule has 8 nitrogen and oxygen atoms in total. The molecule has 1 saturated heterocycles. The van der Waals surface area contributed by atoms with Gasteiger partial charge in [-0.2, -0.15) is 9.78 Å². The molecule has 8 heteroatoms. The highest BCUT2D eigenvalue weighted by Crippen LogP contribution is 2.47. The zero-order chi connectivity index (χ0) is 21.5. The van der Waals surface area contributed by atoms with Gasteiger partial charge in [0, 0.05) is 6.42 Å². The van der Waals surface area contributed by atoms with Crippen molar-refractivity contribution in [2.45, 2.75) is 44.3 Å². The number of H-pyrrole nitrogens is 1. The first-order valence-electron chi connectivity index (χ1n) is 9.66. The molecule has 0 aliphatic carbocycles. The van der Waals surface area contributed by atoms with E-state index in [4.69, 9.17) is 4.74 Å². The molecular weight excluding hydrogens is 386 g/mol. The minimum absolute atomic E-state index is 0.0252. The van der Waals surface area contributed by atoms with Crippen LogP contribution in [-0.4, -0.2) is 31.1 Å². The molecule has 1 aromatic heterocycles. The molecule has 0 bridgehead atoms. The standard InChI is InChI=1S/C22H23N3O5/c1-13-3-7-15(8-4-13)19(27)20-22(29,16-9-5-14(2)6-10-16)11-18(30-20)25-21(28)24-17(26)12-23-25/h3-10,12,18-20,27,29H,11H2,1-2H3,(H,24,26,28)/t18-,19?,20-,22-/m1/s1. The summed E-state index contributed by atoms with van der Waals surface area (Å²) in [5.74, 6) is 0. The lowest BCUT2D eigenvalue weighted by atomic mass is 9.82. The van der Waals surface area contributed by atoms with Crippen LogP contribution in [0.1, 0.15) is 41.0 Å². The van der Waals surface area contributed by atoms with Gasteiger partial charge in [-0.25, -0.2) is 4.79 Å². The van der Waals surface area contributed by atoms with Gasteiger partial charge in [-0.1, -0.05) is 59.7 Å². The number of rotatable bonds is 4. The summed E-state index contributed by atoms with van der Waals surface area (Å²) in [7, 11) is 0. The van der Waals surface area contributed by atoms with Crippen molar-refractivity contribution >= 4 is 0 Å². The number of nitrogens with one attached hydrogen (secondary N) is 1. The Hall–Kier alpha value is -3.07. The average Bonchev–Trinajstić information content (AvgIpc) is 3.06. The topological polar surface area (TPSA) is 117 Å². The Morgan fingerprint density at radius 2 is 1.70 bits per heavy atom. The minimum atomic E-state index is -1.58. The van der Waals surface area contributed by atoms with E-state index < -0.39 is 35.3 Å². The van der Waals surface area contributed by atoms with E-state index in [0.717, 1.165) is 22.0 Å². The third-order valence-electron chi connectivity index (χ3n) is 5.53. The normalized spacial score (nSPS) is 24.7. The van der Waals surface area contributed by atoms with Crippen molar-refractivity contribution in [3.8, 4) is 0 Å². The van der Waals surface area contributed by atoms with Gasteiger partial charge in [0.05, 0.1) is 0 Å². The maximum absolute atomic E-state index is 12.2. The van der Waals surface area contributed by atoms with Crippen LogP contribution in [0.2, 0.25) is 0 Å². The number of aliphatic hydroxyl groups excluding tert-OH is 1. The number of hydrogen-bond donors (Lipinski definition) is 3. The Labute approximate surface area is 172 Å². The van der Waals surface area contributed by atoms with Crippen LogP contribution in [0.15, 0.2) is 64.3 Å². The summed E-state index contributed by atoms with van der Waals surface area (Å²) in [4.78, 5) is 25.7.